The van der Waals surface area contributed by atoms with Gasteiger partial charge in [0.15, 0.2) is 0 Å². The smallest absolute Gasteiger partial charge is 0.00891 e. The second-order valence-corrected chi connectivity index (χ2v) is 10.6. The molecule has 192 valence electrons. The maximum atomic E-state index is 2.48. The van der Waals surface area contributed by atoms with Crippen LogP contribution in [0.1, 0.15) is 168 Å². The highest BCUT2D eigenvalue weighted by atomic mass is 15.1. The summed E-state index contributed by atoms with van der Waals surface area (Å²) < 4.78 is 0. The molecule has 0 N–H and O–H groups in total. The van der Waals surface area contributed by atoms with E-state index < -0.39 is 0 Å². The molecule has 0 aliphatic carbocycles. The van der Waals surface area contributed by atoms with Crippen LogP contribution >= 0.6 is 0 Å². The van der Waals surface area contributed by atoms with Gasteiger partial charge in [0.2, 0.25) is 0 Å². The van der Waals surface area contributed by atoms with Gasteiger partial charge in [-0.1, -0.05) is 142 Å². The molecule has 0 aromatic heterocycles. The third-order valence-electron chi connectivity index (χ3n) is 7.17. The van der Waals surface area contributed by atoms with Crippen molar-refractivity contribution in [1.29, 1.82) is 0 Å². The van der Waals surface area contributed by atoms with E-state index in [0.717, 1.165) is 6.04 Å². The van der Waals surface area contributed by atoms with Crippen molar-refractivity contribution in [2.24, 2.45) is 0 Å². The van der Waals surface area contributed by atoms with Gasteiger partial charge in [-0.2, -0.15) is 0 Å². The molecule has 0 aromatic rings. The van der Waals surface area contributed by atoms with Crippen LogP contribution in [0.5, 0.6) is 0 Å². The summed E-state index contributed by atoms with van der Waals surface area (Å²) in [5.74, 6) is 0. The molecule has 0 rings (SSSR count). The van der Waals surface area contributed by atoms with Gasteiger partial charge >= 0.3 is 0 Å². The molecule has 1 unspecified atom stereocenters. The van der Waals surface area contributed by atoms with Gasteiger partial charge in [-0.15, -0.1) is 0 Å². The van der Waals surface area contributed by atoms with E-state index in [9.17, 15) is 0 Å². The number of unbranched alkanes of at least 4 members (excludes halogenated alkanes) is 19. The molecule has 0 radical (unpaired) electrons. The SMILES string of the molecule is CCCCCCCC/C=C/CCCCCCCCCC(CCCCCCCCC)N(C)C. The summed E-state index contributed by atoms with van der Waals surface area (Å²) in [6.45, 7) is 4.60. The van der Waals surface area contributed by atoms with Crippen LogP contribution in [0.15, 0.2) is 12.2 Å². The lowest BCUT2D eigenvalue weighted by molar-refractivity contribution is 0.251. The molecule has 1 atom stereocenters. The van der Waals surface area contributed by atoms with Crippen LogP contribution in [0, 0.1) is 0 Å². The van der Waals surface area contributed by atoms with E-state index in [0.29, 0.717) is 0 Å². The first-order valence-corrected chi connectivity index (χ1v) is 15.0. The fourth-order valence-corrected chi connectivity index (χ4v) is 4.80. The number of allylic oxidation sites excluding steroid dienone is 2. The van der Waals surface area contributed by atoms with Crippen LogP contribution in [0.25, 0.3) is 0 Å². The topological polar surface area (TPSA) is 3.24 Å². The van der Waals surface area contributed by atoms with E-state index >= 15 is 0 Å². The van der Waals surface area contributed by atoms with Gasteiger partial charge in [-0.25, -0.2) is 0 Å². The molecule has 0 aliphatic heterocycles. The fraction of sp³-hybridized carbons (Fsp3) is 0.935. The van der Waals surface area contributed by atoms with Crippen LogP contribution < -0.4 is 0 Å². The zero-order valence-electron chi connectivity index (χ0n) is 23.1. The first-order valence-electron chi connectivity index (χ1n) is 15.0. The van der Waals surface area contributed by atoms with Crippen molar-refractivity contribution in [1.82, 2.24) is 4.90 Å². The Kier molecular flexibility index (Phi) is 26.7. The molecule has 0 aliphatic rings. The van der Waals surface area contributed by atoms with Gasteiger partial charge in [0, 0.05) is 6.04 Å². The molecule has 0 aromatic carbocycles. The van der Waals surface area contributed by atoms with E-state index in [1.165, 1.54) is 154 Å². The lowest BCUT2D eigenvalue weighted by Gasteiger charge is -2.24. The molecule has 0 spiro atoms. The summed E-state index contributed by atoms with van der Waals surface area (Å²) in [7, 11) is 4.57. The minimum Gasteiger partial charge on any atom is -0.306 e. The van der Waals surface area contributed by atoms with Crippen molar-refractivity contribution >= 4 is 0 Å². The Morgan fingerprint density at radius 2 is 0.750 bits per heavy atom. The average Bonchev–Trinajstić information content (AvgIpc) is 2.78. The Hall–Kier alpha value is -0.300. The van der Waals surface area contributed by atoms with Crippen LogP contribution in [0.3, 0.4) is 0 Å². The Bertz CT molecular complexity index is 359. The Morgan fingerprint density at radius 3 is 1.09 bits per heavy atom. The maximum Gasteiger partial charge on any atom is 0.00891 e. The summed E-state index contributed by atoms with van der Waals surface area (Å²) in [4.78, 5) is 2.48. The summed E-state index contributed by atoms with van der Waals surface area (Å²) in [5, 5.41) is 0. The van der Waals surface area contributed by atoms with E-state index in [-0.39, 0.29) is 0 Å². The third-order valence-corrected chi connectivity index (χ3v) is 7.17. The maximum absolute atomic E-state index is 2.48. The van der Waals surface area contributed by atoms with Crippen LogP contribution in [0.2, 0.25) is 0 Å². The zero-order chi connectivity index (χ0) is 23.5. The Morgan fingerprint density at radius 1 is 0.438 bits per heavy atom. The van der Waals surface area contributed by atoms with Crippen molar-refractivity contribution in [2.75, 3.05) is 14.1 Å². The molecule has 0 amide bonds. The number of nitrogens with zero attached hydrogens (tertiary/aromatic N) is 1. The van der Waals surface area contributed by atoms with Crippen molar-refractivity contribution < 1.29 is 0 Å². The Balaban J connectivity index is 3.41. The van der Waals surface area contributed by atoms with E-state index in [2.05, 4.69) is 45.0 Å². The van der Waals surface area contributed by atoms with Crippen LogP contribution in [-0.2, 0) is 0 Å². The van der Waals surface area contributed by atoms with Crippen molar-refractivity contribution in [3.8, 4) is 0 Å². The second-order valence-electron chi connectivity index (χ2n) is 10.6. The monoisotopic (exact) mass is 449 g/mol. The van der Waals surface area contributed by atoms with Crippen LogP contribution in [-0.4, -0.2) is 25.0 Å². The molecular formula is C31H63N. The lowest BCUT2D eigenvalue weighted by atomic mass is 9.99. The quantitative estimate of drug-likeness (QED) is 0.0937. The summed E-state index contributed by atoms with van der Waals surface area (Å²) in [6.07, 6.45) is 38.9. The summed E-state index contributed by atoms with van der Waals surface area (Å²) in [6, 6.07) is 0.814. The third kappa shape index (κ3) is 24.3. The molecule has 1 nitrogen and oxygen atoms in total. The first kappa shape index (κ1) is 31.7. The molecule has 0 fully saturated rings. The summed E-state index contributed by atoms with van der Waals surface area (Å²) >= 11 is 0. The van der Waals surface area contributed by atoms with Crippen molar-refractivity contribution in [3.05, 3.63) is 12.2 Å². The second kappa shape index (κ2) is 26.9. The molecule has 1 heteroatoms. The van der Waals surface area contributed by atoms with Gasteiger partial charge in [0.1, 0.15) is 0 Å². The van der Waals surface area contributed by atoms with E-state index in [4.69, 9.17) is 0 Å². The fourth-order valence-electron chi connectivity index (χ4n) is 4.80. The van der Waals surface area contributed by atoms with Gasteiger partial charge in [0.25, 0.3) is 0 Å². The molecule has 0 bridgehead atoms. The van der Waals surface area contributed by atoms with Crippen molar-refractivity contribution in [3.63, 3.8) is 0 Å². The number of rotatable bonds is 26. The van der Waals surface area contributed by atoms with Gasteiger partial charge in [-0.05, 0) is 52.6 Å². The zero-order valence-corrected chi connectivity index (χ0v) is 23.1. The highest BCUT2D eigenvalue weighted by Gasteiger charge is 2.10. The van der Waals surface area contributed by atoms with E-state index in [1.54, 1.807) is 0 Å². The Labute approximate surface area is 205 Å². The molecule has 0 saturated heterocycles. The average molecular weight is 450 g/mol. The molecule has 0 heterocycles. The summed E-state index contributed by atoms with van der Waals surface area (Å²) in [5.41, 5.74) is 0. The number of hydrogen-bond donors (Lipinski definition) is 0. The van der Waals surface area contributed by atoms with Gasteiger partial charge in [-0.3, -0.25) is 0 Å². The largest absolute Gasteiger partial charge is 0.306 e. The number of hydrogen-bond acceptors (Lipinski definition) is 1. The first-order chi connectivity index (χ1) is 15.7. The molecule has 32 heavy (non-hydrogen) atoms. The minimum atomic E-state index is 0.814. The van der Waals surface area contributed by atoms with Crippen LogP contribution in [0.4, 0.5) is 0 Å². The molecule has 0 saturated carbocycles. The normalized spacial score (nSPS) is 12.9. The van der Waals surface area contributed by atoms with Crippen molar-refractivity contribution in [2.45, 2.75) is 174 Å². The molecular weight excluding hydrogens is 386 g/mol. The standard InChI is InChI=1S/C31H63N/c1-5-7-9-11-13-14-15-16-17-18-19-20-21-22-24-26-28-30-31(32(3)4)29-27-25-23-12-10-8-6-2/h16-17,31H,5-15,18-30H2,1-4H3/b17-16+. The van der Waals surface area contributed by atoms with Gasteiger partial charge < -0.3 is 4.90 Å². The van der Waals surface area contributed by atoms with Gasteiger partial charge in [0.05, 0.1) is 0 Å². The highest BCUT2D eigenvalue weighted by molar-refractivity contribution is 4.81. The predicted molar refractivity (Wildman–Crippen MR) is 149 cm³/mol. The lowest BCUT2D eigenvalue weighted by Crippen LogP contribution is -2.27. The minimum absolute atomic E-state index is 0.814. The highest BCUT2D eigenvalue weighted by Crippen LogP contribution is 2.17. The predicted octanol–water partition coefficient (Wildman–Crippen LogP) is 10.9. The van der Waals surface area contributed by atoms with E-state index in [1.807, 2.05) is 0 Å².